The van der Waals surface area contributed by atoms with E-state index in [0.29, 0.717) is 16.6 Å². The molecule has 1 atom stereocenters. The zero-order valence-corrected chi connectivity index (χ0v) is 19.2. The Kier molecular flexibility index (Phi) is 6.47. The minimum Gasteiger partial charge on any atom is -0.457 e. The number of thioether (sulfide) groups is 1. The van der Waals surface area contributed by atoms with Gasteiger partial charge >= 0.3 is 0 Å². The Morgan fingerprint density at radius 1 is 0.906 bits per heavy atom. The number of rotatable bonds is 6. The second-order valence-electron chi connectivity index (χ2n) is 8.19. The van der Waals surface area contributed by atoms with Crippen molar-refractivity contribution in [1.29, 1.82) is 0 Å². The van der Waals surface area contributed by atoms with Crippen LogP contribution in [0.1, 0.15) is 40.7 Å². The molecule has 1 saturated heterocycles. The van der Waals surface area contributed by atoms with Crippen molar-refractivity contribution >= 4 is 29.0 Å². The van der Waals surface area contributed by atoms with E-state index >= 15 is 0 Å². The van der Waals surface area contributed by atoms with Gasteiger partial charge < -0.3 is 4.74 Å². The molecule has 0 saturated carbocycles. The topological polar surface area (TPSA) is 55.4 Å². The van der Waals surface area contributed by atoms with Crippen LogP contribution in [-0.4, -0.2) is 11.1 Å². The standard InChI is InChI=1S/C27H25NO3S/c1-17-12-18(2)14-21(13-17)15-19(3)22-6-10-24(11-7-22)31-23-8-4-20(5-9-23)16-25-26(29)28-27(30)32-25/h4-14,16,19H,15H2,1-3H3,(H,28,29,30)/b25-16-. The number of carbonyl (C=O) groups excluding carboxylic acids is 2. The normalized spacial score (nSPS) is 15.7. The summed E-state index contributed by atoms with van der Waals surface area (Å²) in [6.07, 6.45) is 2.70. The van der Waals surface area contributed by atoms with Gasteiger partial charge in [0.15, 0.2) is 0 Å². The molecule has 1 fully saturated rings. The third-order valence-electron chi connectivity index (χ3n) is 5.33. The minimum absolute atomic E-state index is 0.340. The Balaban J connectivity index is 1.38. The summed E-state index contributed by atoms with van der Waals surface area (Å²) in [5.74, 6) is 1.54. The van der Waals surface area contributed by atoms with Crippen LogP contribution in [0.15, 0.2) is 71.6 Å². The van der Waals surface area contributed by atoms with Gasteiger partial charge in [0.25, 0.3) is 11.1 Å². The number of hydrogen-bond acceptors (Lipinski definition) is 4. The van der Waals surface area contributed by atoms with Crippen LogP contribution in [0.2, 0.25) is 0 Å². The van der Waals surface area contributed by atoms with E-state index in [1.807, 2.05) is 36.4 Å². The molecule has 0 spiro atoms. The van der Waals surface area contributed by atoms with E-state index in [9.17, 15) is 9.59 Å². The van der Waals surface area contributed by atoms with Crippen LogP contribution in [0.4, 0.5) is 4.79 Å². The molecule has 0 aromatic heterocycles. The first-order valence-corrected chi connectivity index (χ1v) is 11.4. The zero-order valence-electron chi connectivity index (χ0n) is 18.3. The maximum atomic E-state index is 11.7. The van der Waals surface area contributed by atoms with Crippen LogP contribution in [0, 0.1) is 13.8 Å². The lowest BCUT2D eigenvalue weighted by atomic mass is 9.92. The molecule has 0 bridgehead atoms. The Bertz CT molecular complexity index is 1160. The summed E-state index contributed by atoms with van der Waals surface area (Å²) in [4.78, 5) is 23.3. The second-order valence-corrected chi connectivity index (χ2v) is 9.21. The number of imide groups is 1. The number of amides is 2. The third kappa shape index (κ3) is 5.48. The van der Waals surface area contributed by atoms with Gasteiger partial charge in [-0.2, -0.15) is 0 Å². The van der Waals surface area contributed by atoms with Crippen molar-refractivity contribution in [2.24, 2.45) is 0 Å². The highest BCUT2D eigenvalue weighted by molar-refractivity contribution is 8.18. The molecule has 5 heteroatoms. The predicted molar refractivity (Wildman–Crippen MR) is 130 cm³/mol. The Labute approximate surface area is 192 Å². The number of hydrogen-bond donors (Lipinski definition) is 1. The molecule has 4 rings (SSSR count). The van der Waals surface area contributed by atoms with E-state index in [4.69, 9.17) is 4.74 Å². The van der Waals surface area contributed by atoms with Crippen molar-refractivity contribution in [2.45, 2.75) is 33.1 Å². The van der Waals surface area contributed by atoms with Gasteiger partial charge in [-0.1, -0.05) is 60.5 Å². The van der Waals surface area contributed by atoms with Gasteiger partial charge in [-0.3, -0.25) is 14.9 Å². The third-order valence-corrected chi connectivity index (χ3v) is 6.14. The molecule has 32 heavy (non-hydrogen) atoms. The molecule has 3 aromatic rings. The highest BCUT2D eigenvalue weighted by Gasteiger charge is 2.24. The molecule has 1 unspecified atom stereocenters. The van der Waals surface area contributed by atoms with Crippen LogP contribution < -0.4 is 10.1 Å². The summed E-state index contributed by atoms with van der Waals surface area (Å²) in [5, 5.41) is 1.91. The van der Waals surface area contributed by atoms with Crippen LogP contribution >= 0.6 is 11.8 Å². The van der Waals surface area contributed by atoms with Crippen LogP contribution in [0.25, 0.3) is 6.08 Å². The molecule has 2 amide bonds. The molecule has 1 N–H and O–H groups in total. The van der Waals surface area contributed by atoms with Gasteiger partial charge in [0.2, 0.25) is 0 Å². The highest BCUT2D eigenvalue weighted by atomic mass is 32.2. The number of nitrogens with one attached hydrogen (secondary N) is 1. The quantitative estimate of drug-likeness (QED) is 0.427. The van der Waals surface area contributed by atoms with E-state index in [1.165, 1.54) is 22.3 Å². The summed E-state index contributed by atoms with van der Waals surface area (Å²) in [5.41, 5.74) is 6.08. The van der Waals surface area contributed by atoms with E-state index in [0.717, 1.165) is 29.5 Å². The Morgan fingerprint density at radius 2 is 1.50 bits per heavy atom. The summed E-state index contributed by atoms with van der Waals surface area (Å²) in [6.45, 7) is 6.53. The van der Waals surface area contributed by atoms with Gasteiger partial charge in [0.1, 0.15) is 11.5 Å². The van der Waals surface area contributed by atoms with Crippen LogP contribution in [0.5, 0.6) is 11.5 Å². The van der Waals surface area contributed by atoms with Gasteiger partial charge in [-0.15, -0.1) is 0 Å². The van der Waals surface area contributed by atoms with E-state index < -0.39 is 0 Å². The summed E-state index contributed by atoms with van der Waals surface area (Å²) >= 11 is 0.911. The van der Waals surface area contributed by atoms with Crippen molar-refractivity contribution in [3.05, 3.63) is 99.5 Å². The lowest BCUT2D eigenvalue weighted by Gasteiger charge is -2.14. The predicted octanol–water partition coefficient (Wildman–Crippen LogP) is 6.77. The van der Waals surface area contributed by atoms with Gasteiger partial charge in [-0.25, -0.2) is 0 Å². The average Bonchev–Trinajstić information content (AvgIpc) is 3.06. The second kappa shape index (κ2) is 9.45. The average molecular weight is 444 g/mol. The van der Waals surface area contributed by atoms with Crippen LogP contribution in [0.3, 0.4) is 0 Å². The molecule has 1 aliphatic rings. The van der Waals surface area contributed by atoms with Gasteiger partial charge in [0.05, 0.1) is 4.91 Å². The number of aryl methyl sites for hydroxylation is 2. The first kappa shape index (κ1) is 21.9. The van der Waals surface area contributed by atoms with E-state index in [-0.39, 0.29) is 11.1 Å². The minimum atomic E-state index is -0.354. The van der Waals surface area contributed by atoms with Crippen molar-refractivity contribution < 1.29 is 14.3 Å². The molecule has 1 aliphatic heterocycles. The molecular formula is C27H25NO3S. The molecule has 3 aromatic carbocycles. The molecular weight excluding hydrogens is 418 g/mol. The molecule has 1 heterocycles. The highest BCUT2D eigenvalue weighted by Crippen LogP contribution is 2.28. The van der Waals surface area contributed by atoms with Crippen molar-refractivity contribution in [3.63, 3.8) is 0 Å². The summed E-state index contributed by atoms with van der Waals surface area (Å²) < 4.78 is 5.97. The fourth-order valence-corrected chi connectivity index (χ4v) is 4.55. The Morgan fingerprint density at radius 3 is 2.06 bits per heavy atom. The lowest BCUT2D eigenvalue weighted by molar-refractivity contribution is -0.115. The first-order valence-electron chi connectivity index (χ1n) is 10.6. The van der Waals surface area contributed by atoms with Crippen LogP contribution in [-0.2, 0) is 11.2 Å². The van der Waals surface area contributed by atoms with Crippen molar-refractivity contribution in [2.75, 3.05) is 0 Å². The number of ether oxygens (including phenoxy) is 1. The van der Waals surface area contributed by atoms with Gasteiger partial charge in [-0.05, 0) is 85.0 Å². The first-order chi connectivity index (χ1) is 15.4. The lowest BCUT2D eigenvalue weighted by Crippen LogP contribution is -2.17. The SMILES string of the molecule is Cc1cc(C)cc(CC(C)c2ccc(Oc3ccc(/C=C4\SC(=O)NC4=O)cc3)cc2)c1. The maximum absolute atomic E-state index is 11.7. The molecule has 0 radical (unpaired) electrons. The largest absolute Gasteiger partial charge is 0.457 e. The molecule has 162 valence electrons. The fraction of sp³-hybridized carbons (Fsp3) is 0.185. The van der Waals surface area contributed by atoms with Crippen molar-refractivity contribution in [3.8, 4) is 11.5 Å². The molecule has 0 aliphatic carbocycles. The van der Waals surface area contributed by atoms with Crippen molar-refractivity contribution in [1.82, 2.24) is 5.32 Å². The Hall–Kier alpha value is -3.31. The monoisotopic (exact) mass is 443 g/mol. The summed E-state index contributed by atoms with van der Waals surface area (Å²) in [7, 11) is 0. The zero-order chi connectivity index (χ0) is 22.7. The smallest absolute Gasteiger partial charge is 0.290 e. The fourth-order valence-electron chi connectivity index (χ4n) is 3.86. The molecule has 4 nitrogen and oxygen atoms in total. The van der Waals surface area contributed by atoms with E-state index in [2.05, 4.69) is 56.4 Å². The number of carbonyl (C=O) groups is 2. The van der Waals surface area contributed by atoms with Gasteiger partial charge in [0, 0.05) is 0 Å². The maximum Gasteiger partial charge on any atom is 0.290 e. The summed E-state index contributed by atoms with van der Waals surface area (Å²) in [6, 6.07) is 22.4. The van der Waals surface area contributed by atoms with E-state index in [1.54, 1.807) is 6.08 Å². The number of benzene rings is 3.